The number of para-hydroxylation sites is 2. The molecular weight excluding hydrogens is 288 g/mol. The molecule has 116 valence electrons. The van der Waals surface area contributed by atoms with Crippen LogP contribution in [0.15, 0.2) is 60.8 Å². The third-order valence-electron chi connectivity index (χ3n) is 3.83. The van der Waals surface area contributed by atoms with Crippen LogP contribution in [0.1, 0.15) is 28.9 Å². The highest BCUT2D eigenvalue weighted by Gasteiger charge is 2.16. The minimum atomic E-state index is -0.169. The van der Waals surface area contributed by atoms with Crippen LogP contribution >= 0.6 is 0 Å². The van der Waals surface area contributed by atoms with E-state index in [-0.39, 0.29) is 11.9 Å². The van der Waals surface area contributed by atoms with E-state index in [0.29, 0.717) is 11.1 Å². The summed E-state index contributed by atoms with van der Waals surface area (Å²) in [5.41, 5.74) is 2.22. The molecule has 2 aromatic carbocycles. The summed E-state index contributed by atoms with van der Waals surface area (Å²) in [7, 11) is 1.63. The van der Waals surface area contributed by atoms with Gasteiger partial charge in [-0.15, -0.1) is 0 Å². The number of carbonyl (C=O) groups is 1. The van der Waals surface area contributed by atoms with Gasteiger partial charge < -0.3 is 10.1 Å². The van der Waals surface area contributed by atoms with Crippen LogP contribution in [-0.2, 0) is 0 Å². The standard InChI is InChI=1S/C19H18N2O2/c1-13(15-9-3-4-11-17(15)23-2)21-19(22)16-10-5-7-14-8-6-12-20-18(14)16/h3-13H,1-2H3,(H,21,22). The Hall–Kier alpha value is -2.88. The van der Waals surface area contributed by atoms with Crippen LogP contribution in [0, 0.1) is 0 Å². The number of rotatable bonds is 4. The summed E-state index contributed by atoms with van der Waals surface area (Å²) in [4.78, 5) is 17.0. The van der Waals surface area contributed by atoms with E-state index in [0.717, 1.165) is 16.7 Å². The maximum absolute atomic E-state index is 12.7. The minimum absolute atomic E-state index is 0.146. The van der Waals surface area contributed by atoms with E-state index in [1.54, 1.807) is 19.4 Å². The van der Waals surface area contributed by atoms with Gasteiger partial charge in [0.25, 0.3) is 5.91 Å². The fraction of sp³-hybridized carbons (Fsp3) is 0.158. The van der Waals surface area contributed by atoms with Gasteiger partial charge in [0.15, 0.2) is 0 Å². The molecule has 0 aliphatic rings. The zero-order chi connectivity index (χ0) is 16.2. The molecule has 3 rings (SSSR count). The average Bonchev–Trinajstić information content (AvgIpc) is 2.61. The molecule has 1 atom stereocenters. The van der Waals surface area contributed by atoms with Gasteiger partial charge in [0.1, 0.15) is 5.75 Å². The smallest absolute Gasteiger partial charge is 0.253 e. The van der Waals surface area contributed by atoms with Crippen molar-refractivity contribution in [3.05, 3.63) is 71.9 Å². The molecule has 0 aliphatic heterocycles. The summed E-state index contributed by atoms with van der Waals surface area (Å²) in [6.45, 7) is 1.94. The second-order valence-corrected chi connectivity index (χ2v) is 5.32. The molecule has 4 nitrogen and oxygen atoms in total. The van der Waals surface area contributed by atoms with Gasteiger partial charge in [-0.25, -0.2) is 0 Å². The quantitative estimate of drug-likeness (QED) is 0.799. The Labute approximate surface area is 135 Å². The Morgan fingerprint density at radius 1 is 1.09 bits per heavy atom. The van der Waals surface area contributed by atoms with Crippen molar-refractivity contribution >= 4 is 16.8 Å². The number of benzene rings is 2. The number of fused-ring (bicyclic) bond motifs is 1. The molecule has 3 aromatic rings. The van der Waals surface area contributed by atoms with Crippen LogP contribution in [-0.4, -0.2) is 18.0 Å². The molecule has 1 heterocycles. The molecule has 4 heteroatoms. The summed E-state index contributed by atoms with van der Waals surface area (Å²) < 4.78 is 5.36. The Morgan fingerprint density at radius 3 is 2.70 bits per heavy atom. The highest BCUT2D eigenvalue weighted by atomic mass is 16.5. The second-order valence-electron chi connectivity index (χ2n) is 5.32. The fourth-order valence-electron chi connectivity index (χ4n) is 2.66. The van der Waals surface area contributed by atoms with Gasteiger partial charge in [-0.1, -0.05) is 36.4 Å². The summed E-state index contributed by atoms with van der Waals surface area (Å²) in [6, 6.07) is 16.9. The van der Waals surface area contributed by atoms with Crippen LogP contribution in [0.4, 0.5) is 0 Å². The zero-order valence-electron chi connectivity index (χ0n) is 13.1. The maximum Gasteiger partial charge on any atom is 0.253 e. The molecular formula is C19H18N2O2. The first-order valence-corrected chi connectivity index (χ1v) is 7.48. The third kappa shape index (κ3) is 3.01. The third-order valence-corrected chi connectivity index (χ3v) is 3.83. The topological polar surface area (TPSA) is 51.2 Å². The van der Waals surface area contributed by atoms with Crippen LogP contribution in [0.25, 0.3) is 10.9 Å². The molecule has 1 unspecified atom stereocenters. The first kappa shape index (κ1) is 15.0. The van der Waals surface area contributed by atoms with Gasteiger partial charge in [0.05, 0.1) is 24.2 Å². The van der Waals surface area contributed by atoms with E-state index >= 15 is 0 Å². The second kappa shape index (κ2) is 6.48. The molecule has 1 aromatic heterocycles. The highest BCUT2D eigenvalue weighted by Crippen LogP contribution is 2.25. The highest BCUT2D eigenvalue weighted by molar-refractivity contribution is 6.05. The number of pyridine rings is 1. The van der Waals surface area contributed by atoms with Gasteiger partial charge in [0, 0.05) is 17.1 Å². The molecule has 0 spiro atoms. The number of nitrogens with one attached hydrogen (secondary N) is 1. The predicted molar refractivity (Wildman–Crippen MR) is 90.6 cm³/mol. The Bertz CT molecular complexity index is 840. The molecule has 1 N–H and O–H groups in total. The zero-order valence-corrected chi connectivity index (χ0v) is 13.1. The largest absolute Gasteiger partial charge is 0.496 e. The van der Waals surface area contributed by atoms with Crippen molar-refractivity contribution in [2.45, 2.75) is 13.0 Å². The van der Waals surface area contributed by atoms with E-state index in [1.165, 1.54) is 0 Å². The van der Waals surface area contributed by atoms with Gasteiger partial charge >= 0.3 is 0 Å². The van der Waals surface area contributed by atoms with E-state index in [4.69, 9.17) is 4.74 Å². The van der Waals surface area contributed by atoms with E-state index < -0.39 is 0 Å². The van der Waals surface area contributed by atoms with E-state index in [9.17, 15) is 4.79 Å². The molecule has 23 heavy (non-hydrogen) atoms. The monoisotopic (exact) mass is 306 g/mol. The first-order valence-electron chi connectivity index (χ1n) is 7.48. The number of nitrogens with zero attached hydrogens (tertiary/aromatic N) is 1. The number of ether oxygens (including phenoxy) is 1. The lowest BCUT2D eigenvalue weighted by Gasteiger charge is -2.17. The molecule has 0 saturated carbocycles. The van der Waals surface area contributed by atoms with Crippen molar-refractivity contribution in [2.24, 2.45) is 0 Å². The Kier molecular flexibility index (Phi) is 4.24. The summed E-state index contributed by atoms with van der Waals surface area (Å²) in [5, 5.41) is 3.97. The number of hydrogen-bond acceptors (Lipinski definition) is 3. The lowest BCUT2D eigenvalue weighted by atomic mass is 10.1. The van der Waals surface area contributed by atoms with Crippen LogP contribution in [0.5, 0.6) is 5.75 Å². The van der Waals surface area contributed by atoms with Crippen molar-refractivity contribution in [3.8, 4) is 5.75 Å². The summed E-state index contributed by atoms with van der Waals surface area (Å²) in [5.74, 6) is 0.615. The van der Waals surface area contributed by atoms with Crippen LogP contribution in [0.3, 0.4) is 0 Å². The summed E-state index contributed by atoms with van der Waals surface area (Å²) >= 11 is 0. The number of methoxy groups -OCH3 is 1. The molecule has 0 bridgehead atoms. The van der Waals surface area contributed by atoms with Gasteiger partial charge in [-0.05, 0) is 25.1 Å². The lowest BCUT2D eigenvalue weighted by molar-refractivity contribution is 0.0941. The van der Waals surface area contributed by atoms with E-state index in [1.807, 2.05) is 55.5 Å². The van der Waals surface area contributed by atoms with Crippen LogP contribution in [0.2, 0.25) is 0 Å². The molecule has 0 aliphatic carbocycles. The van der Waals surface area contributed by atoms with Crippen molar-refractivity contribution in [1.29, 1.82) is 0 Å². The first-order chi connectivity index (χ1) is 11.2. The van der Waals surface area contributed by atoms with Crippen LogP contribution < -0.4 is 10.1 Å². The lowest BCUT2D eigenvalue weighted by Crippen LogP contribution is -2.27. The number of hydrogen-bond donors (Lipinski definition) is 1. The molecule has 0 saturated heterocycles. The maximum atomic E-state index is 12.7. The fourth-order valence-corrected chi connectivity index (χ4v) is 2.66. The minimum Gasteiger partial charge on any atom is -0.496 e. The normalized spacial score (nSPS) is 11.9. The van der Waals surface area contributed by atoms with Crippen molar-refractivity contribution in [2.75, 3.05) is 7.11 Å². The summed E-state index contributed by atoms with van der Waals surface area (Å²) in [6.07, 6.45) is 1.70. The van der Waals surface area contributed by atoms with E-state index in [2.05, 4.69) is 10.3 Å². The molecule has 0 radical (unpaired) electrons. The number of carbonyl (C=O) groups excluding carboxylic acids is 1. The van der Waals surface area contributed by atoms with Gasteiger partial charge in [-0.3, -0.25) is 9.78 Å². The average molecular weight is 306 g/mol. The Balaban J connectivity index is 1.89. The predicted octanol–water partition coefficient (Wildman–Crippen LogP) is 3.73. The number of amides is 1. The number of aromatic nitrogens is 1. The molecule has 1 amide bonds. The van der Waals surface area contributed by atoms with Crippen molar-refractivity contribution in [3.63, 3.8) is 0 Å². The van der Waals surface area contributed by atoms with Crippen molar-refractivity contribution < 1.29 is 9.53 Å². The van der Waals surface area contributed by atoms with Gasteiger partial charge in [0.2, 0.25) is 0 Å². The van der Waals surface area contributed by atoms with Gasteiger partial charge in [-0.2, -0.15) is 0 Å². The van der Waals surface area contributed by atoms with Crippen molar-refractivity contribution in [1.82, 2.24) is 10.3 Å². The SMILES string of the molecule is COc1ccccc1C(C)NC(=O)c1cccc2cccnc12. The Morgan fingerprint density at radius 2 is 1.87 bits per heavy atom. The molecule has 0 fully saturated rings.